The van der Waals surface area contributed by atoms with Gasteiger partial charge in [-0.25, -0.2) is 0 Å². The third-order valence-corrected chi connectivity index (χ3v) is 6.46. The lowest BCUT2D eigenvalue weighted by Gasteiger charge is -2.33. The van der Waals surface area contributed by atoms with Gasteiger partial charge >= 0.3 is 0 Å². The Hall–Kier alpha value is -2.45. The zero-order chi connectivity index (χ0) is 20.2. The molecule has 4 heterocycles. The van der Waals surface area contributed by atoms with Crippen LogP contribution >= 0.6 is 22.9 Å². The summed E-state index contributed by atoms with van der Waals surface area (Å²) < 4.78 is 0.598. The number of rotatable bonds is 5. The van der Waals surface area contributed by atoms with Crippen molar-refractivity contribution < 1.29 is 9.63 Å². The van der Waals surface area contributed by atoms with Crippen molar-refractivity contribution in [3.8, 4) is 0 Å². The number of halogens is 1. The second-order valence-electron chi connectivity index (χ2n) is 7.15. The van der Waals surface area contributed by atoms with Gasteiger partial charge in [-0.1, -0.05) is 22.8 Å². The number of piperidine rings is 1. The Balaban J connectivity index is 1.22. The summed E-state index contributed by atoms with van der Waals surface area (Å²) in [5.74, 6) is 0.697. The average Bonchev–Trinajstić information content (AvgIpc) is 3.41. The average molecular weight is 432 g/mol. The molecule has 2 aliphatic rings. The SMILES string of the molecule is N=C(c1ccccn1)N1CCC(C2=NOC(CNC(=O)c3ccc(Cl)s3)C2)CC1. The number of hydrogen-bond acceptors (Lipinski definition) is 6. The van der Waals surface area contributed by atoms with Crippen LogP contribution in [0, 0.1) is 11.3 Å². The van der Waals surface area contributed by atoms with Crippen LogP contribution in [0.3, 0.4) is 0 Å². The van der Waals surface area contributed by atoms with E-state index in [0.29, 0.717) is 33.2 Å². The summed E-state index contributed by atoms with van der Waals surface area (Å²) in [6.07, 6.45) is 4.18. The van der Waals surface area contributed by atoms with Crippen LogP contribution in [0.4, 0.5) is 0 Å². The fourth-order valence-electron chi connectivity index (χ4n) is 3.63. The first kappa shape index (κ1) is 19.8. The van der Waals surface area contributed by atoms with Crippen LogP contribution in [0.2, 0.25) is 4.34 Å². The summed E-state index contributed by atoms with van der Waals surface area (Å²) in [5, 5.41) is 15.5. The molecule has 2 aromatic heterocycles. The summed E-state index contributed by atoms with van der Waals surface area (Å²) in [4.78, 5) is 24.6. The Morgan fingerprint density at radius 1 is 1.31 bits per heavy atom. The molecular formula is C20H22ClN5O2S. The van der Waals surface area contributed by atoms with Crippen molar-refractivity contribution >= 4 is 40.4 Å². The van der Waals surface area contributed by atoms with E-state index in [-0.39, 0.29) is 12.0 Å². The van der Waals surface area contributed by atoms with Gasteiger partial charge in [-0.15, -0.1) is 11.3 Å². The molecule has 2 aliphatic heterocycles. The number of amides is 1. The van der Waals surface area contributed by atoms with Crippen molar-refractivity contribution in [3.05, 3.63) is 51.4 Å². The van der Waals surface area contributed by atoms with Crippen molar-refractivity contribution in [1.82, 2.24) is 15.2 Å². The molecule has 2 N–H and O–H groups in total. The van der Waals surface area contributed by atoms with Gasteiger partial charge in [0.15, 0.2) is 0 Å². The van der Waals surface area contributed by atoms with Gasteiger partial charge in [0.2, 0.25) is 0 Å². The first-order valence-electron chi connectivity index (χ1n) is 9.61. The fraction of sp³-hybridized carbons (Fsp3) is 0.400. The van der Waals surface area contributed by atoms with Crippen LogP contribution in [0.1, 0.15) is 34.6 Å². The van der Waals surface area contributed by atoms with Gasteiger partial charge < -0.3 is 15.1 Å². The molecule has 1 fully saturated rings. The van der Waals surface area contributed by atoms with Crippen LogP contribution in [0.25, 0.3) is 0 Å². The Labute approximate surface area is 178 Å². The van der Waals surface area contributed by atoms with E-state index in [1.165, 1.54) is 11.3 Å². The third-order valence-electron chi connectivity index (χ3n) is 5.23. The van der Waals surface area contributed by atoms with Crippen molar-refractivity contribution in [1.29, 1.82) is 5.41 Å². The number of pyridine rings is 1. The standard InChI is InChI=1S/C20H22ClN5O2S/c21-18-5-4-17(29-18)20(27)24-12-14-11-16(25-28-14)13-6-9-26(10-7-13)19(22)15-3-1-2-8-23-15/h1-5,8,13-14,22H,6-7,9-12H2,(H,24,27). The minimum atomic E-state index is -0.139. The number of amidine groups is 1. The van der Waals surface area contributed by atoms with E-state index in [1.54, 1.807) is 18.3 Å². The van der Waals surface area contributed by atoms with E-state index < -0.39 is 0 Å². The quantitative estimate of drug-likeness (QED) is 0.560. The van der Waals surface area contributed by atoms with Gasteiger partial charge in [0, 0.05) is 31.6 Å². The second kappa shape index (κ2) is 8.92. The summed E-state index contributed by atoms with van der Waals surface area (Å²) >= 11 is 7.14. The lowest BCUT2D eigenvalue weighted by atomic mass is 9.89. The molecule has 0 radical (unpaired) electrons. The van der Waals surface area contributed by atoms with Gasteiger partial charge in [0.1, 0.15) is 17.6 Å². The predicted molar refractivity (Wildman–Crippen MR) is 114 cm³/mol. The van der Waals surface area contributed by atoms with Crippen LogP contribution in [0.15, 0.2) is 41.7 Å². The lowest BCUT2D eigenvalue weighted by Crippen LogP contribution is -2.40. The van der Waals surface area contributed by atoms with E-state index in [2.05, 4.69) is 20.4 Å². The highest BCUT2D eigenvalue weighted by Crippen LogP contribution is 2.26. The van der Waals surface area contributed by atoms with Crippen LogP contribution < -0.4 is 5.32 Å². The molecular weight excluding hydrogens is 410 g/mol. The topological polar surface area (TPSA) is 90.7 Å². The van der Waals surface area contributed by atoms with Crippen molar-refractivity contribution in [2.75, 3.05) is 19.6 Å². The number of oxime groups is 1. The van der Waals surface area contributed by atoms with E-state index >= 15 is 0 Å². The Kier molecular flexibility index (Phi) is 6.10. The molecule has 0 saturated carbocycles. The number of carbonyl (C=O) groups is 1. The molecule has 29 heavy (non-hydrogen) atoms. The van der Waals surface area contributed by atoms with E-state index in [4.69, 9.17) is 21.8 Å². The molecule has 0 spiro atoms. The first-order chi connectivity index (χ1) is 14.1. The molecule has 1 unspecified atom stereocenters. The molecule has 7 nitrogen and oxygen atoms in total. The summed E-state index contributed by atoms with van der Waals surface area (Å²) in [6, 6.07) is 9.06. The maximum atomic E-state index is 12.1. The highest BCUT2D eigenvalue weighted by molar-refractivity contribution is 7.17. The molecule has 2 aromatic rings. The van der Waals surface area contributed by atoms with Crippen LogP contribution in [-0.2, 0) is 4.84 Å². The van der Waals surface area contributed by atoms with Gasteiger partial charge in [0.05, 0.1) is 21.5 Å². The zero-order valence-corrected chi connectivity index (χ0v) is 17.4. The highest BCUT2D eigenvalue weighted by atomic mass is 35.5. The summed E-state index contributed by atoms with van der Waals surface area (Å²) in [5.41, 5.74) is 1.77. The van der Waals surface area contributed by atoms with Crippen LogP contribution in [-0.4, -0.2) is 53.1 Å². The first-order valence-corrected chi connectivity index (χ1v) is 10.8. The maximum Gasteiger partial charge on any atom is 0.261 e. The Bertz CT molecular complexity index is 909. The molecule has 0 bridgehead atoms. The smallest absolute Gasteiger partial charge is 0.261 e. The minimum Gasteiger partial charge on any atom is -0.390 e. The van der Waals surface area contributed by atoms with Crippen molar-refractivity contribution in [2.45, 2.75) is 25.4 Å². The number of likely N-dealkylation sites (tertiary alicyclic amines) is 1. The predicted octanol–water partition coefficient (Wildman–Crippen LogP) is 3.41. The number of carbonyl (C=O) groups excluding carboxylic acids is 1. The molecule has 1 atom stereocenters. The van der Waals surface area contributed by atoms with E-state index in [9.17, 15) is 4.79 Å². The Morgan fingerprint density at radius 3 is 2.83 bits per heavy atom. The maximum absolute atomic E-state index is 12.1. The summed E-state index contributed by atoms with van der Waals surface area (Å²) in [7, 11) is 0. The van der Waals surface area contributed by atoms with Crippen molar-refractivity contribution in [3.63, 3.8) is 0 Å². The normalized spacial score (nSPS) is 19.6. The third kappa shape index (κ3) is 4.76. The number of nitrogens with zero attached hydrogens (tertiary/aromatic N) is 3. The fourth-order valence-corrected chi connectivity index (χ4v) is 4.59. The molecule has 1 amide bonds. The van der Waals surface area contributed by atoms with Gasteiger partial charge in [-0.3, -0.25) is 15.2 Å². The molecule has 0 aliphatic carbocycles. The van der Waals surface area contributed by atoms with Gasteiger partial charge in [0.25, 0.3) is 5.91 Å². The number of hydrogen-bond donors (Lipinski definition) is 2. The lowest BCUT2D eigenvalue weighted by molar-refractivity contribution is 0.0755. The van der Waals surface area contributed by atoms with E-state index in [0.717, 1.165) is 38.1 Å². The molecule has 0 aromatic carbocycles. The highest BCUT2D eigenvalue weighted by Gasteiger charge is 2.31. The number of aromatic nitrogens is 1. The zero-order valence-electron chi connectivity index (χ0n) is 15.8. The van der Waals surface area contributed by atoms with Crippen LogP contribution in [0.5, 0.6) is 0 Å². The van der Waals surface area contributed by atoms with Crippen molar-refractivity contribution in [2.24, 2.45) is 11.1 Å². The van der Waals surface area contributed by atoms with Gasteiger partial charge in [-0.05, 0) is 37.1 Å². The van der Waals surface area contributed by atoms with Gasteiger partial charge in [-0.2, -0.15) is 0 Å². The minimum absolute atomic E-state index is 0.130. The Morgan fingerprint density at radius 2 is 2.14 bits per heavy atom. The number of nitrogens with one attached hydrogen (secondary N) is 2. The molecule has 4 rings (SSSR count). The molecule has 1 saturated heterocycles. The number of thiophene rings is 1. The largest absolute Gasteiger partial charge is 0.390 e. The summed E-state index contributed by atoms with van der Waals surface area (Å²) in [6.45, 7) is 2.03. The molecule has 9 heteroatoms. The van der Waals surface area contributed by atoms with E-state index in [1.807, 2.05) is 18.2 Å². The second-order valence-corrected chi connectivity index (χ2v) is 8.87. The monoisotopic (exact) mass is 431 g/mol. The molecule has 152 valence electrons.